The highest BCUT2D eigenvalue weighted by Gasteiger charge is 1.96. The SMILES string of the molecule is CCC(N)C#Cc1ccc(Cc2ccccc2)cc1. The number of rotatable bonds is 3. The normalized spacial score (nSPS) is 11.5. The van der Waals surface area contributed by atoms with Crippen LogP contribution in [0, 0.1) is 11.8 Å². The van der Waals surface area contributed by atoms with Gasteiger partial charge in [0.2, 0.25) is 0 Å². The third-order valence-corrected chi connectivity index (χ3v) is 3.05. The van der Waals surface area contributed by atoms with Gasteiger partial charge in [-0.3, -0.25) is 0 Å². The molecule has 1 heteroatoms. The lowest BCUT2D eigenvalue weighted by Crippen LogP contribution is -2.15. The smallest absolute Gasteiger partial charge is 0.0665 e. The van der Waals surface area contributed by atoms with Crippen molar-refractivity contribution in [2.45, 2.75) is 25.8 Å². The maximum Gasteiger partial charge on any atom is 0.0665 e. The van der Waals surface area contributed by atoms with Crippen molar-refractivity contribution >= 4 is 0 Å². The molecule has 0 fully saturated rings. The van der Waals surface area contributed by atoms with Gasteiger partial charge in [-0.15, -0.1) is 0 Å². The summed E-state index contributed by atoms with van der Waals surface area (Å²) in [6, 6.07) is 18.8. The van der Waals surface area contributed by atoms with Gasteiger partial charge in [0, 0.05) is 5.56 Å². The van der Waals surface area contributed by atoms with Crippen LogP contribution in [0.1, 0.15) is 30.0 Å². The Hall–Kier alpha value is -2.04. The molecule has 1 nitrogen and oxygen atoms in total. The molecule has 0 saturated carbocycles. The van der Waals surface area contributed by atoms with Gasteiger partial charge >= 0.3 is 0 Å². The Kier molecular flexibility index (Phi) is 4.78. The average molecular weight is 249 g/mol. The molecule has 1 unspecified atom stereocenters. The number of hydrogen-bond acceptors (Lipinski definition) is 1. The van der Waals surface area contributed by atoms with Gasteiger partial charge in [-0.2, -0.15) is 0 Å². The van der Waals surface area contributed by atoms with Gasteiger partial charge < -0.3 is 5.73 Å². The molecule has 2 aromatic carbocycles. The first-order valence-corrected chi connectivity index (χ1v) is 6.68. The fourth-order valence-electron chi connectivity index (χ4n) is 1.82. The van der Waals surface area contributed by atoms with Crippen LogP contribution >= 0.6 is 0 Å². The summed E-state index contributed by atoms with van der Waals surface area (Å²) in [6.07, 6.45) is 1.85. The van der Waals surface area contributed by atoms with Crippen LogP contribution in [0.4, 0.5) is 0 Å². The van der Waals surface area contributed by atoms with Crippen LogP contribution in [-0.2, 0) is 6.42 Å². The molecule has 0 aliphatic heterocycles. The highest BCUT2D eigenvalue weighted by Crippen LogP contribution is 2.10. The molecule has 0 spiro atoms. The van der Waals surface area contributed by atoms with Gasteiger partial charge in [0.1, 0.15) is 0 Å². The van der Waals surface area contributed by atoms with E-state index >= 15 is 0 Å². The maximum atomic E-state index is 5.78. The van der Waals surface area contributed by atoms with E-state index in [1.54, 1.807) is 0 Å². The third kappa shape index (κ3) is 4.28. The van der Waals surface area contributed by atoms with Crippen LogP contribution in [-0.4, -0.2) is 6.04 Å². The largest absolute Gasteiger partial charge is 0.318 e. The van der Waals surface area contributed by atoms with E-state index in [9.17, 15) is 0 Å². The highest BCUT2D eigenvalue weighted by atomic mass is 14.6. The molecule has 2 aromatic rings. The molecule has 2 N–H and O–H groups in total. The van der Waals surface area contributed by atoms with Crippen molar-refractivity contribution in [3.63, 3.8) is 0 Å². The average Bonchev–Trinajstić information content (AvgIpc) is 2.47. The van der Waals surface area contributed by atoms with E-state index in [0.717, 1.165) is 18.4 Å². The molecule has 0 aliphatic carbocycles. The monoisotopic (exact) mass is 249 g/mol. The minimum absolute atomic E-state index is 0.0241. The van der Waals surface area contributed by atoms with Crippen molar-refractivity contribution in [3.05, 3.63) is 71.3 Å². The Labute approximate surface area is 115 Å². The Morgan fingerprint density at radius 2 is 1.58 bits per heavy atom. The van der Waals surface area contributed by atoms with Crippen molar-refractivity contribution in [2.24, 2.45) is 5.73 Å². The molecule has 0 saturated heterocycles. The highest BCUT2D eigenvalue weighted by molar-refractivity contribution is 5.38. The van der Waals surface area contributed by atoms with Gasteiger partial charge in [0.15, 0.2) is 0 Å². The third-order valence-electron chi connectivity index (χ3n) is 3.05. The first-order valence-electron chi connectivity index (χ1n) is 6.68. The van der Waals surface area contributed by atoms with E-state index < -0.39 is 0 Å². The minimum atomic E-state index is -0.0241. The quantitative estimate of drug-likeness (QED) is 0.829. The molecule has 0 amide bonds. The van der Waals surface area contributed by atoms with Crippen LogP contribution in [0.15, 0.2) is 54.6 Å². The topological polar surface area (TPSA) is 26.0 Å². The molecule has 0 bridgehead atoms. The van der Waals surface area contributed by atoms with Crippen LogP contribution in [0.3, 0.4) is 0 Å². The number of hydrogen-bond donors (Lipinski definition) is 1. The molecule has 0 heterocycles. The van der Waals surface area contributed by atoms with Crippen molar-refractivity contribution in [1.29, 1.82) is 0 Å². The first-order chi connectivity index (χ1) is 9.28. The Morgan fingerprint density at radius 1 is 0.947 bits per heavy atom. The fraction of sp³-hybridized carbons (Fsp3) is 0.222. The van der Waals surface area contributed by atoms with E-state index in [0.29, 0.717) is 0 Å². The molecule has 19 heavy (non-hydrogen) atoms. The maximum absolute atomic E-state index is 5.78. The number of benzene rings is 2. The van der Waals surface area contributed by atoms with E-state index in [1.165, 1.54) is 11.1 Å². The van der Waals surface area contributed by atoms with E-state index in [4.69, 9.17) is 5.73 Å². The Morgan fingerprint density at radius 3 is 2.21 bits per heavy atom. The van der Waals surface area contributed by atoms with Crippen molar-refractivity contribution in [2.75, 3.05) is 0 Å². The zero-order chi connectivity index (χ0) is 13.5. The summed E-state index contributed by atoms with van der Waals surface area (Å²) in [5.74, 6) is 6.16. The van der Waals surface area contributed by atoms with Crippen LogP contribution < -0.4 is 5.73 Å². The minimum Gasteiger partial charge on any atom is -0.318 e. The predicted octanol–water partition coefficient (Wildman–Crippen LogP) is 3.37. The summed E-state index contributed by atoms with van der Waals surface area (Å²) in [5.41, 5.74) is 9.44. The van der Waals surface area contributed by atoms with E-state index in [2.05, 4.69) is 60.4 Å². The van der Waals surface area contributed by atoms with Gasteiger partial charge in [0.05, 0.1) is 6.04 Å². The van der Waals surface area contributed by atoms with Crippen molar-refractivity contribution < 1.29 is 0 Å². The van der Waals surface area contributed by atoms with Gasteiger partial charge in [-0.1, -0.05) is 61.2 Å². The van der Waals surface area contributed by atoms with E-state index in [-0.39, 0.29) is 6.04 Å². The predicted molar refractivity (Wildman–Crippen MR) is 80.8 cm³/mol. The molecule has 0 aliphatic rings. The molecule has 2 rings (SSSR count). The zero-order valence-electron chi connectivity index (χ0n) is 11.3. The fourth-order valence-corrected chi connectivity index (χ4v) is 1.82. The van der Waals surface area contributed by atoms with Crippen LogP contribution in [0.25, 0.3) is 0 Å². The van der Waals surface area contributed by atoms with Crippen molar-refractivity contribution in [3.8, 4) is 11.8 Å². The molecular weight excluding hydrogens is 230 g/mol. The Balaban J connectivity index is 2.04. The summed E-state index contributed by atoms with van der Waals surface area (Å²) in [7, 11) is 0. The molecule has 0 aromatic heterocycles. The lowest BCUT2D eigenvalue weighted by atomic mass is 10.0. The van der Waals surface area contributed by atoms with Crippen LogP contribution in [0.2, 0.25) is 0 Å². The molecular formula is C18H19N. The molecule has 96 valence electrons. The zero-order valence-corrected chi connectivity index (χ0v) is 11.3. The van der Waals surface area contributed by atoms with E-state index in [1.807, 2.05) is 13.0 Å². The molecule has 1 atom stereocenters. The van der Waals surface area contributed by atoms with Gasteiger partial charge in [0.25, 0.3) is 0 Å². The lowest BCUT2D eigenvalue weighted by molar-refractivity contribution is 0.806. The Bertz CT molecular complexity index is 558. The summed E-state index contributed by atoms with van der Waals surface area (Å²) in [6.45, 7) is 2.04. The summed E-state index contributed by atoms with van der Waals surface area (Å²) in [4.78, 5) is 0. The summed E-state index contributed by atoms with van der Waals surface area (Å²) in [5, 5.41) is 0. The van der Waals surface area contributed by atoms with Crippen LogP contribution in [0.5, 0.6) is 0 Å². The number of nitrogens with two attached hydrogens (primary N) is 1. The van der Waals surface area contributed by atoms with Gasteiger partial charge in [-0.05, 0) is 36.1 Å². The summed E-state index contributed by atoms with van der Waals surface area (Å²) >= 11 is 0. The second-order valence-corrected chi connectivity index (χ2v) is 4.64. The second-order valence-electron chi connectivity index (χ2n) is 4.64. The second kappa shape index (κ2) is 6.78. The first kappa shape index (κ1) is 13.4. The van der Waals surface area contributed by atoms with Gasteiger partial charge in [-0.25, -0.2) is 0 Å². The molecule has 0 radical (unpaired) electrons. The van der Waals surface area contributed by atoms with Crippen molar-refractivity contribution in [1.82, 2.24) is 0 Å². The summed E-state index contributed by atoms with van der Waals surface area (Å²) < 4.78 is 0. The lowest BCUT2D eigenvalue weighted by Gasteiger charge is -2.02. The standard InChI is InChI=1S/C18H19N/c1-2-18(19)13-12-15-8-10-17(11-9-15)14-16-6-4-3-5-7-16/h3-11,18H,2,14,19H2,1H3.